The lowest BCUT2D eigenvalue weighted by atomic mass is 10.0. The van der Waals surface area contributed by atoms with Gasteiger partial charge < -0.3 is 10.4 Å². The Morgan fingerprint density at radius 1 is 1.38 bits per heavy atom. The van der Waals surface area contributed by atoms with E-state index in [0.29, 0.717) is 12.1 Å². The number of nitrogens with one attached hydrogen (secondary N) is 1. The monoisotopic (exact) mass is 310 g/mol. The number of nitrogens with zero attached hydrogens (tertiary/aromatic N) is 1. The van der Waals surface area contributed by atoms with Gasteiger partial charge in [0.05, 0.1) is 6.61 Å². The maximum absolute atomic E-state index is 9.59. The van der Waals surface area contributed by atoms with Crippen molar-refractivity contribution in [1.82, 2.24) is 10.2 Å². The minimum absolute atomic E-state index is 0.279. The highest BCUT2D eigenvalue weighted by atomic mass is 35.5. The molecule has 21 heavy (non-hydrogen) atoms. The molecule has 1 aromatic carbocycles. The Bertz CT molecular complexity index is 427. The molecule has 4 heteroatoms. The van der Waals surface area contributed by atoms with Gasteiger partial charge in [-0.1, -0.05) is 36.6 Å². The molecule has 1 aliphatic heterocycles. The van der Waals surface area contributed by atoms with Crippen LogP contribution >= 0.6 is 11.6 Å². The van der Waals surface area contributed by atoms with Crippen LogP contribution in [0.5, 0.6) is 0 Å². The molecule has 1 aliphatic rings. The summed E-state index contributed by atoms with van der Waals surface area (Å²) >= 11 is 6.09. The summed E-state index contributed by atoms with van der Waals surface area (Å²) in [6.07, 6.45) is 5.94. The highest BCUT2D eigenvalue weighted by Crippen LogP contribution is 2.23. The molecule has 0 bridgehead atoms. The molecular weight excluding hydrogens is 284 g/mol. The van der Waals surface area contributed by atoms with E-state index in [2.05, 4.69) is 16.3 Å². The van der Waals surface area contributed by atoms with Crippen LogP contribution in [0.3, 0.4) is 0 Å². The lowest BCUT2D eigenvalue weighted by Gasteiger charge is -2.30. The summed E-state index contributed by atoms with van der Waals surface area (Å²) in [5, 5.41) is 13.8. The highest BCUT2D eigenvalue weighted by molar-refractivity contribution is 6.30. The lowest BCUT2D eigenvalue weighted by molar-refractivity contribution is 0.120. The molecule has 1 fully saturated rings. The number of halogens is 1. The Kier molecular flexibility index (Phi) is 6.97. The summed E-state index contributed by atoms with van der Waals surface area (Å²) in [4.78, 5) is 2.46. The summed E-state index contributed by atoms with van der Waals surface area (Å²) in [6, 6.07) is 8.72. The second kappa shape index (κ2) is 8.74. The van der Waals surface area contributed by atoms with Crippen LogP contribution in [-0.4, -0.2) is 42.8 Å². The Morgan fingerprint density at radius 3 is 2.95 bits per heavy atom. The fourth-order valence-corrected chi connectivity index (χ4v) is 3.43. The normalized spacial score (nSPS) is 22.0. The van der Waals surface area contributed by atoms with Gasteiger partial charge in [0.2, 0.25) is 0 Å². The number of aliphatic hydroxyl groups excluding tert-OH is 1. The number of rotatable bonds is 6. The van der Waals surface area contributed by atoms with E-state index in [4.69, 9.17) is 11.6 Å². The molecular formula is C17H27ClN2O. The third-order valence-corrected chi connectivity index (χ3v) is 4.75. The predicted octanol–water partition coefficient (Wildman–Crippen LogP) is 3.23. The number of aliphatic hydroxyl groups is 1. The smallest absolute Gasteiger partial charge is 0.0586 e. The van der Waals surface area contributed by atoms with E-state index < -0.39 is 0 Å². The number of hydrogen-bond donors (Lipinski definition) is 2. The van der Waals surface area contributed by atoms with Crippen LogP contribution in [0.4, 0.5) is 0 Å². The van der Waals surface area contributed by atoms with Gasteiger partial charge in [-0.25, -0.2) is 0 Å². The third-order valence-electron chi connectivity index (χ3n) is 4.51. The van der Waals surface area contributed by atoms with Crippen molar-refractivity contribution in [3.63, 3.8) is 0 Å². The largest absolute Gasteiger partial charge is 0.395 e. The molecule has 0 aromatic heterocycles. The highest BCUT2D eigenvalue weighted by Gasteiger charge is 2.21. The molecule has 1 heterocycles. The van der Waals surface area contributed by atoms with E-state index in [9.17, 15) is 5.11 Å². The summed E-state index contributed by atoms with van der Waals surface area (Å²) in [5.41, 5.74) is 1.24. The molecule has 0 radical (unpaired) electrons. The van der Waals surface area contributed by atoms with Gasteiger partial charge in [0.1, 0.15) is 0 Å². The second-order valence-corrected chi connectivity index (χ2v) is 6.34. The van der Waals surface area contributed by atoms with Crippen molar-refractivity contribution in [3.05, 3.63) is 34.9 Å². The van der Waals surface area contributed by atoms with Crippen LogP contribution in [0.2, 0.25) is 5.02 Å². The molecule has 1 saturated heterocycles. The Balaban J connectivity index is 1.95. The topological polar surface area (TPSA) is 35.5 Å². The molecule has 0 aliphatic carbocycles. The fourth-order valence-electron chi connectivity index (χ4n) is 3.23. The fraction of sp³-hybridized carbons (Fsp3) is 0.647. The van der Waals surface area contributed by atoms with Crippen molar-refractivity contribution >= 4 is 11.6 Å². The Morgan fingerprint density at radius 2 is 2.24 bits per heavy atom. The van der Waals surface area contributed by atoms with Crippen LogP contribution < -0.4 is 5.32 Å². The molecule has 2 rings (SSSR count). The first kappa shape index (κ1) is 16.8. The average molecular weight is 311 g/mol. The van der Waals surface area contributed by atoms with Gasteiger partial charge in [0.15, 0.2) is 0 Å². The third kappa shape index (κ3) is 4.96. The van der Waals surface area contributed by atoms with Crippen molar-refractivity contribution in [2.24, 2.45) is 0 Å². The van der Waals surface area contributed by atoms with Crippen molar-refractivity contribution in [2.75, 3.05) is 26.7 Å². The minimum Gasteiger partial charge on any atom is -0.395 e. The van der Waals surface area contributed by atoms with Gasteiger partial charge in [-0.3, -0.25) is 4.90 Å². The van der Waals surface area contributed by atoms with E-state index >= 15 is 0 Å². The Hall–Kier alpha value is -0.610. The zero-order chi connectivity index (χ0) is 15.1. The molecule has 0 saturated carbocycles. The van der Waals surface area contributed by atoms with Crippen LogP contribution in [0.15, 0.2) is 24.3 Å². The van der Waals surface area contributed by atoms with Crippen molar-refractivity contribution in [1.29, 1.82) is 0 Å². The van der Waals surface area contributed by atoms with E-state index in [1.165, 1.54) is 24.8 Å². The minimum atomic E-state index is 0.279. The second-order valence-electron chi connectivity index (χ2n) is 5.91. The molecule has 0 amide bonds. The van der Waals surface area contributed by atoms with Crippen LogP contribution in [-0.2, 0) is 0 Å². The maximum atomic E-state index is 9.59. The summed E-state index contributed by atoms with van der Waals surface area (Å²) in [6.45, 7) is 2.40. The lowest BCUT2D eigenvalue weighted by Crippen LogP contribution is -2.39. The SMILES string of the molecule is CNC(CCN1CCCCCC1CO)c1cccc(Cl)c1. The van der Waals surface area contributed by atoms with Crippen LogP contribution in [0.25, 0.3) is 0 Å². The number of benzene rings is 1. The van der Waals surface area contributed by atoms with Crippen LogP contribution in [0.1, 0.15) is 43.7 Å². The molecule has 3 nitrogen and oxygen atoms in total. The van der Waals surface area contributed by atoms with Gasteiger partial charge in [0, 0.05) is 23.7 Å². The average Bonchev–Trinajstić information content (AvgIpc) is 2.73. The van der Waals surface area contributed by atoms with Crippen molar-refractivity contribution in [2.45, 2.75) is 44.2 Å². The quantitative estimate of drug-likeness (QED) is 0.847. The van der Waals surface area contributed by atoms with E-state index in [0.717, 1.165) is 31.0 Å². The maximum Gasteiger partial charge on any atom is 0.0586 e. The zero-order valence-corrected chi connectivity index (χ0v) is 13.6. The van der Waals surface area contributed by atoms with E-state index in [1.807, 2.05) is 25.2 Å². The molecule has 118 valence electrons. The number of likely N-dealkylation sites (tertiary alicyclic amines) is 1. The first-order chi connectivity index (χ1) is 10.2. The molecule has 2 N–H and O–H groups in total. The van der Waals surface area contributed by atoms with Crippen molar-refractivity contribution < 1.29 is 5.11 Å². The molecule has 1 aromatic rings. The first-order valence-corrected chi connectivity index (χ1v) is 8.40. The number of hydrogen-bond acceptors (Lipinski definition) is 3. The summed E-state index contributed by atoms with van der Waals surface area (Å²) in [5.74, 6) is 0. The summed E-state index contributed by atoms with van der Waals surface area (Å²) in [7, 11) is 2.00. The van der Waals surface area contributed by atoms with E-state index in [-0.39, 0.29) is 6.61 Å². The predicted molar refractivity (Wildman–Crippen MR) is 88.8 cm³/mol. The van der Waals surface area contributed by atoms with Crippen molar-refractivity contribution in [3.8, 4) is 0 Å². The van der Waals surface area contributed by atoms with Crippen LogP contribution in [0, 0.1) is 0 Å². The summed E-state index contributed by atoms with van der Waals surface area (Å²) < 4.78 is 0. The van der Waals surface area contributed by atoms with Gasteiger partial charge in [0.25, 0.3) is 0 Å². The Labute approximate surface area is 133 Å². The molecule has 0 spiro atoms. The molecule has 2 unspecified atom stereocenters. The van der Waals surface area contributed by atoms with E-state index in [1.54, 1.807) is 0 Å². The van der Waals surface area contributed by atoms with Gasteiger partial charge >= 0.3 is 0 Å². The standard InChI is InChI=1S/C17H27ClN2O/c1-19-17(14-6-5-7-15(18)12-14)9-11-20-10-4-2-3-8-16(20)13-21/h5-7,12,16-17,19,21H,2-4,8-11,13H2,1H3. The van der Waals surface area contributed by atoms with Gasteiger partial charge in [-0.2, -0.15) is 0 Å². The first-order valence-electron chi connectivity index (χ1n) is 8.02. The van der Waals surface area contributed by atoms with Gasteiger partial charge in [-0.05, 0) is 50.6 Å². The molecule has 2 atom stereocenters. The van der Waals surface area contributed by atoms with Gasteiger partial charge in [-0.15, -0.1) is 0 Å². The zero-order valence-electron chi connectivity index (χ0n) is 12.9.